The molecule has 2 atom stereocenters. The zero-order valence-electron chi connectivity index (χ0n) is 13.1. The number of aliphatic hydroxyl groups excluding tert-OH is 1. The maximum Gasteiger partial charge on any atom is 0.323 e. The van der Waals surface area contributed by atoms with Gasteiger partial charge in [-0.15, -0.1) is 0 Å². The van der Waals surface area contributed by atoms with Crippen LogP contribution >= 0.6 is 0 Å². The maximum absolute atomic E-state index is 11.2. The van der Waals surface area contributed by atoms with Crippen LogP contribution in [0.25, 0.3) is 0 Å². The van der Waals surface area contributed by atoms with Gasteiger partial charge in [0, 0.05) is 12.2 Å². The monoisotopic (exact) mass is 311 g/mol. The van der Waals surface area contributed by atoms with Crippen molar-refractivity contribution < 1.29 is 15.0 Å². The molecule has 1 aliphatic rings. The van der Waals surface area contributed by atoms with Gasteiger partial charge in [-0.25, -0.2) is 0 Å². The molecule has 0 radical (unpaired) electrons. The number of carboxylic acids is 1. The van der Waals surface area contributed by atoms with Crippen molar-refractivity contribution in [1.29, 1.82) is 0 Å². The van der Waals surface area contributed by atoms with E-state index < -0.39 is 12.1 Å². The summed E-state index contributed by atoms with van der Waals surface area (Å²) in [5.41, 5.74) is 3.99. The lowest BCUT2D eigenvalue weighted by Gasteiger charge is -2.24. The predicted molar refractivity (Wildman–Crippen MR) is 89.6 cm³/mol. The smallest absolute Gasteiger partial charge is 0.323 e. The molecule has 0 fully saturated rings. The summed E-state index contributed by atoms with van der Waals surface area (Å²) in [5.74, 6) is -0.522. The summed E-state index contributed by atoms with van der Waals surface area (Å²) in [7, 11) is 0. The zero-order chi connectivity index (χ0) is 16.4. The van der Waals surface area contributed by atoms with Crippen molar-refractivity contribution in [3.05, 3.63) is 65.2 Å². The summed E-state index contributed by atoms with van der Waals surface area (Å²) >= 11 is 0. The lowest BCUT2D eigenvalue weighted by Crippen LogP contribution is -2.29. The molecule has 2 unspecified atom stereocenters. The number of benzene rings is 2. The van der Waals surface area contributed by atoms with Gasteiger partial charge in [-0.05, 0) is 41.2 Å². The van der Waals surface area contributed by atoms with Gasteiger partial charge in [-0.2, -0.15) is 0 Å². The number of nitrogens with zero attached hydrogens (tertiary/aromatic N) is 1. The van der Waals surface area contributed by atoms with E-state index in [1.165, 1.54) is 0 Å². The Balaban J connectivity index is 1.91. The molecule has 1 aliphatic carbocycles. The lowest BCUT2D eigenvalue weighted by atomic mass is 10.0. The number of hydrogen-bond donors (Lipinski definition) is 2. The Morgan fingerprint density at radius 1 is 1.17 bits per heavy atom. The van der Waals surface area contributed by atoms with Crippen LogP contribution in [0.1, 0.15) is 42.1 Å². The SMILES string of the molecule is CC1CC(O)c2cc(N(CC(=O)O)Cc3ccccc3)ccc21. The molecule has 0 heterocycles. The number of carboxylic acid groups (broad SMARTS) is 1. The predicted octanol–water partition coefficient (Wildman–Crippen LogP) is 3.32. The van der Waals surface area contributed by atoms with Crippen molar-refractivity contribution in [1.82, 2.24) is 0 Å². The topological polar surface area (TPSA) is 60.8 Å². The van der Waals surface area contributed by atoms with E-state index in [0.717, 1.165) is 28.8 Å². The summed E-state index contributed by atoms with van der Waals surface area (Å²) < 4.78 is 0. The number of carbonyl (C=O) groups is 1. The summed E-state index contributed by atoms with van der Waals surface area (Å²) in [4.78, 5) is 13.1. The number of aliphatic carboxylic acids is 1. The molecule has 0 aliphatic heterocycles. The Morgan fingerprint density at radius 3 is 2.61 bits per heavy atom. The fourth-order valence-corrected chi connectivity index (χ4v) is 3.29. The molecule has 4 nitrogen and oxygen atoms in total. The van der Waals surface area contributed by atoms with Crippen LogP contribution in [0.15, 0.2) is 48.5 Å². The Kier molecular flexibility index (Phi) is 4.35. The third kappa shape index (κ3) is 3.37. The molecule has 3 rings (SSSR count). The number of aliphatic hydroxyl groups is 1. The molecule has 2 aromatic carbocycles. The second-order valence-electron chi connectivity index (χ2n) is 6.20. The molecule has 4 heteroatoms. The molecule has 23 heavy (non-hydrogen) atoms. The molecular formula is C19H21NO3. The molecule has 0 spiro atoms. The van der Waals surface area contributed by atoms with Crippen LogP contribution in [0, 0.1) is 0 Å². The standard InChI is InChI=1S/C19H21NO3/c1-13-9-18(21)17-10-15(7-8-16(13)17)20(12-19(22)23)11-14-5-3-2-4-6-14/h2-8,10,13,18,21H,9,11-12H2,1H3,(H,22,23). The van der Waals surface area contributed by atoms with E-state index in [9.17, 15) is 15.0 Å². The van der Waals surface area contributed by atoms with Crippen LogP contribution in [0.5, 0.6) is 0 Å². The van der Waals surface area contributed by atoms with Gasteiger partial charge >= 0.3 is 5.97 Å². The van der Waals surface area contributed by atoms with Crippen molar-refractivity contribution >= 4 is 11.7 Å². The highest BCUT2D eigenvalue weighted by molar-refractivity contribution is 5.74. The average Bonchev–Trinajstić information content (AvgIpc) is 2.81. The van der Waals surface area contributed by atoms with Crippen LogP contribution in [0.3, 0.4) is 0 Å². The van der Waals surface area contributed by atoms with Gasteiger partial charge in [0.05, 0.1) is 6.10 Å². The fraction of sp³-hybridized carbons (Fsp3) is 0.316. The van der Waals surface area contributed by atoms with Crippen LogP contribution < -0.4 is 4.90 Å². The van der Waals surface area contributed by atoms with Gasteiger partial charge in [0.1, 0.15) is 6.54 Å². The van der Waals surface area contributed by atoms with Gasteiger partial charge in [-0.3, -0.25) is 4.79 Å². The second-order valence-corrected chi connectivity index (χ2v) is 6.20. The van der Waals surface area contributed by atoms with Crippen molar-refractivity contribution in [2.75, 3.05) is 11.4 Å². The van der Waals surface area contributed by atoms with Gasteiger partial charge in [0.25, 0.3) is 0 Å². The van der Waals surface area contributed by atoms with Crippen LogP contribution in [-0.4, -0.2) is 22.7 Å². The summed E-state index contributed by atoms with van der Waals surface area (Å²) in [5, 5.41) is 19.4. The molecular weight excluding hydrogens is 290 g/mol. The van der Waals surface area contributed by atoms with Gasteiger partial charge < -0.3 is 15.1 Å². The highest BCUT2D eigenvalue weighted by atomic mass is 16.4. The molecule has 0 saturated heterocycles. The van der Waals surface area contributed by atoms with Crippen molar-refractivity contribution in [3.8, 4) is 0 Å². The zero-order valence-corrected chi connectivity index (χ0v) is 13.1. The molecule has 0 aromatic heterocycles. The normalized spacial score (nSPS) is 19.4. The molecule has 2 aromatic rings. The van der Waals surface area contributed by atoms with E-state index >= 15 is 0 Å². The second kappa shape index (κ2) is 6.42. The van der Waals surface area contributed by atoms with Crippen LogP contribution in [-0.2, 0) is 11.3 Å². The van der Waals surface area contributed by atoms with E-state index in [1.807, 2.05) is 53.4 Å². The quantitative estimate of drug-likeness (QED) is 0.889. The van der Waals surface area contributed by atoms with E-state index in [1.54, 1.807) is 0 Å². The Labute approximate surface area is 136 Å². The first-order chi connectivity index (χ1) is 11.0. The molecule has 2 N–H and O–H groups in total. The van der Waals surface area contributed by atoms with E-state index in [0.29, 0.717) is 12.5 Å². The Morgan fingerprint density at radius 2 is 1.91 bits per heavy atom. The third-order valence-electron chi connectivity index (χ3n) is 4.44. The number of hydrogen-bond acceptors (Lipinski definition) is 3. The minimum Gasteiger partial charge on any atom is -0.480 e. The van der Waals surface area contributed by atoms with Crippen molar-refractivity contribution in [2.45, 2.75) is 31.9 Å². The fourth-order valence-electron chi connectivity index (χ4n) is 3.29. The van der Waals surface area contributed by atoms with Crippen LogP contribution in [0.4, 0.5) is 5.69 Å². The summed E-state index contributed by atoms with van der Waals surface area (Å²) in [6.45, 7) is 2.56. The van der Waals surface area contributed by atoms with Gasteiger partial charge in [0.15, 0.2) is 0 Å². The molecule has 0 bridgehead atoms. The number of rotatable bonds is 5. The first kappa shape index (κ1) is 15.6. The molecule has 0 amide bonds. The molecule has 0 saturated carbocycles. The number of fused-ring (bicyclic) bond motifs is 1. The Bertz CT molecular complexity index is 699. The largest absolute Gasteiger partial charge is 0.480 e. The highest BCUT2D eigenvalue weighted by Gasteiger charge is 2.27. The van der Waals surface area contributed by atoms with Crippen molar-refractivity contribution in [3.63, 3.8) is 0 Å². The van der Waals surface area contributed by atoms with Crippen LogP contribution in [0.2, 0.25) is 0 Å². The van der Waals surface area contributed by atoms with Gasteiger partial charge in [-0.1, -0.05) is 43.3 Å². The minimum atomic E-state index is -0.865. The minimum absolute atomic E-state index is 0.0701. The van der Waals surface area contributed by atoms with E-state index in [4.69, 9.17) is 0 Å². The first-order valence-electron chi connectivity index (χ1n) is 7.87. The van der Waals surface area contributed by atoms with E-state index in [2.05, 4.69) is 6.92 Å². The van der Waals surface area contributed by atoms with Crippen molar-refractivity contribution in [2.24, 2.45) is 0 Å². The average molecular weight is 311 g/mol. The molecule has 120 valence electrons. The number of anilines is 1. The summed E-state index contributed by atoms with van der Waals surface area (Å²) in [6, 6.07) is 15.7. The lowest BCUT2D eigenvalue weighted by molar-refractivity contribution is -0.135. The Hall–Kier alpha value is -2.33. The maximum atomic E-state index is 11.2. The van der Waals surface area contributed by atoms with E-state index in [-0.39, 0.29) is 6.54 Å². The van der Waals surface area contributed by atoms with Gasteiger partial charge in [0.2, 0.25) is 0 Å². The highest BCUT2D eigenvalue weighted by Crippen LogP contribution is 2.41. The first-order valence-corrected chi connectivity index (χ1v) is 7.87. The summed E-state index contributed by atoms with van der Waals surface area (Å²) in [6.07, 6.45) is 0.277. The third-order valence-corrected chi connectivity index (χ3v) is 4.44.